The van der Waals surface area contributed by atoms with Crippen molar-refractivity contribution >= 4 is 27.2 Å². The fourth-order valence-electron chi connectivity index (χ4n) is 2.74. The van der Waals surface area contributed by atoms with Crippen LogP contribution in [0.15, 0.2) is 41.3 Å². The minimum absolute atomic E-state index is 0.0203. The van der Waals surface area contributed by atoms with Crippen LogP contribution in [0.5, 0.6) is 0 Å². The van der Waals surface area contributed by atoms with Gasteiger partial charge < -0.3 is 5.11 Å². The van der Waals surface area contributed by atoms with Gasteiger partial charge in [0.1, 0.15) is 5.60 Å². The van der Waals surface area contributed by atoms with Gasteiger partial charge in [0.25, 0.3) is 15.8 Å². The van der Waals surface area contributed by atoms with Gasteiger partial charge >= 0.3 is 0 Å². The zero-order valence-corrected chi connectivity index (χ0v) is 13.1. The first-order chi connectivity index (χ1) is 11.0. The molecular formula is C14H12N2O7S. The second kappa shape index (κ2) is 4.98. The van der Waals surface area contributed by atoms with Crippen molar-refractivity contribution in [1.29, 1.82) is 0 Å². The first-order valence-electron chi connectivity index (χ1n) is 6.66. The number of nitrogens with zero attached hydrogens (tertiary/aromatic N) is 2. The standard InChI is InChI=1S/C14H12N2O7S/c1-14(17)10-6-8(16(19)20)2-4-12(10)15(18)13-5-3-9(7-11(13)14)24(21,22)23/h2-7,17-18H,1H3,(H,21,22,23). The van der Waals surface area contributed by atoms with Crippen LogP contribution in [0.25, 0.3) is 0 Å². The lowest BCUT2D eigenvalue weighted by atomic mass is 9.82. The van der Waals surface area contributed by atoms with Gasteiger partial charge in [-0.3, -0.25) is 19.9 Å². The van der Waals surface area contributed by atoms with Gasteiger partial charge in [0.15, 0.2) is 0 Å². The van der Waals surface area contributed by atoms with Crippen molar-refractivity contribution in [2.75, 3.05) is 5.06 Å². The van der Waals surface area contributed by atoms with Crippen LogP contribution in [-0.2, 0) is 15.7 Å². The molecule has 10 heteroatoms. The number of benzene rings is 2. The van der Waals surface area contributed by atoms with Crippen LogP contribution in [0.1, 0.15) is 18.1 Å². The maximum absolute atomic E-state index is 11.3. The average molecular weight is 352 g/mol. The molecule has 0 bridgehead atoms. The number of non-ortho nitro benzene ring substituents is 1. The molecular weight excluding hydrogens is 340 g/mol. The molecule has 0 fully saturated rings. The fraction of sp³-hybridized carbons (Fsp3) is 0.143. The molecule has 0 radical (unpaired) electrons. The Morgan fingerprint density at radius 1 is 1.12 bits per heavy atom. The van der Waals surface area contributed by atoms with Gasteiger partial charge in [0.2, 0.25) is 0 Å². The van der Waals surface area contributed by atoms with Crippen LogP contribution >= 0.6 is 0 Å². The Balaban J connectivity index is 2.30. The number of nitro groups is 1. The van der Waals surface area contributed by atoms with Crippen molar-refractivity contribution in [3.05, 3.63) is 57.6 Å². The summed E-state index contributed by atoms with van der Waals surface area (Å²) < 4.78 is 31.8. The third kappa shape index (κ3) is 2.32. The number of nitro benzene ring substituents is 1. The van der Waals surface area contributed by atoms with Crippen molar-refractivity contribution in [2.24, 2.45) is 0 Å². The molecule has 0 aromatic heterocycles. The van der Waals surface area contributed by atoms with Crippen LogP contribution in [0.2, 0.25) is 0 Å². The van der Waals surface area contributed by atoms with Crippen LogP contribution in [0.3, 0.4) is 0 Å². The predicted molar refractivity (Wildman–Crippen MR) is 82.0 cm³/mol. The van der Waals surface area contributed by atoms with E-state index in [2.05, 4.69) is 0 Å². The zero-order chi connectivity index (χ0) is 17.9. The summed E-state index contributed by atoms with van der Waals surface area (Å²) in [5.74, 6) is 0. The molecule has 3 rings (SSSR count). The van der Waals surface area contributed by atoms with Gasteiger partial charge in [-0.05, 0) is 31.2 Å². The van der Waals surface area contributed by atoms with E-state index < -0.39 is 25.5 Å². The normalized spacial score (nSPS) is 19.6. The van der Waals surface area contributed by atoms with Crippen molar-refractivity contribution in [3.63, 3.8) is 0 Å². The largest absolute Gasteiger partial charge is 0.381 e. The first kappa shape index (κ1) is 16.3. The summed E-state index contributed by atoms with van der Waals surface area (Å²) in [6.45, 7) is 1.31. The molecule has 1 atom stereocenters. The molecule has 0 aliphatic carbocycles. The van der Waals surface area contributed by atoms with Crippen LogP contribution in [-0.4, -0.2) is 28.2 Å². The van der Waals surface area contributed by atoms with Gasteiger partial charge in [-0.15, -0.1) is 0 Å². The smallest absolute Gasteiger partial charge is 0.294 e. The first-order valence-corrected chi connectivity index (χ1v) is 8.10. The molecule has 0 saturated carbocycles. The van der Waals surface area contributed by atoms with Gasteiger partial charge in [-0.2, -0.15) is 8.42 Å². The third-order valence-corrected chi connectivity index (χ3v) is 4.81. The van der Waals surface area contributed by atoms with E-state index in [9.17, 15) is 28.8 Å². The minimum atomic E-state index is -4.52. The summed E-state index contributed by atoms with van der Waals surface area (Å²) in [5, 5.41) is 32.8. The van der Waals surface area contributed by atoms with Gasteiger partial charge in [0.05, 0.1) is 21.2 Å². The number of fused-ring (bicyclic) bond motifs is 2. The zero-order valence-electron chi connectivity index (χ0n) is 12.2. The van der Waals surface area contributed by atoms with Crippen molar-refractivity contribution in [1.82, 2.24) is 0 Å². The van der Waals surface area contributed by atoms with E-state index in [0.29, 0.717) is 5.06 Å². The third-order valence-electron chi connectivity index (χ3n) is 3.96. The van der Waals surface area contributed by atoms with E-state index in [1.165, 1.54) is 25.1 Å². The van der Waals surface area contributed by atoms with E-state index in [4.69, 9.17) is 4.55 Å². The summed E-state index contributed by atoms with van der Waals surface area (Å²) >= 11 is 0. The average Bonchev–Trinajstić information content (AvgIpc) is 2.51. The molecule has 9 nitrogen and oxygen atoms in total. The van der Waals surface area contributed by atoms with E-state index in [1.807, 2.05) is 0 Å². The highest BCUT2D eigenvalue weighted by atomic mass is 32.2. The maximum Gasteiger partial charge on any atom is 0.294 e. The summed E-state index contributed by atoms with van der Waals surface area (Å²) in [6, 6.07) is 6.86. The van der Waals surface area contributed by atoms with E-state index in [0.717, 1.165) is 18.2 Å². The lowest BCUT2D eigenvalue weighted by molar-refractivity contribution is -0.385. The summed E-state index contributed by atoms with van der Waals surface area (Å²) in [7, 11) is -4.52. The summed E-state index contributed by atoms with van der Waals surface area (Å²) in [4.78, 5) is 9.83. The highest BCUT2D eigenvalue weighted by molar-refractivity contribution is 7.85. The number of anilines is 2. The quantitative estimate of drug-likeness (QED) is 0.423. The molecule has 0 amide bonds. The molecule has 1 unspecified atom stereocenters. The van der Waals surface area contributed by atoms with Gasteiger partial charge in [-0.1, -0.05) is 0 Å². The molecule has 1 heterocycles. The number of aliphatic hydroxyl groups is 1. The van der Waals surface area contributed by atoms with E-state index >= 15 is 0 Å². The Kier molecular flexibility index (Phi) is 3.39. The number of hydrogen-bond donors (Lipinski definition) is 3. The molecule has 1 aliphatic rings. The molecule has 2 aromatic rings. The van der Waals surface area contributed by atoms with Crippen LogP contribution < -0.4 is 5.06 Å². The maximum atomic E-state index is 11.3. The Morgan fingerprint density at radius 3 is 2.21 bits per heavy atom. The van der Waals surface area contributed by atoms with E-state index in [-0.39, 0.29) is 28.2 Å². The summed E-state index contributed by atoms with van der Waals surface area (Å²) in [6.07, 6.45) is 0. The van der Waals surface area contributed by atoms with Gasteiger partial charge in [-0.25, -0.2) is 5.06 Å². The number of rotatable bonds is 2. The monoisotopic (exact) mass is 352 g/mol. The lowest BCUT2D eigenvalue weighted by Gasteiger charge is -2.37. The second-order valence-corrected chi connectivity index (χ2v) is 6.92. The van der Waals surface area contributed by atoms with Crippen molar-refractivity contribution in [3.8, 4) is 0 Å². The minimum Gasteiger partial charge on any atom is -0.381 e. The Hall–Kier alpha value is -2.53. The second-order valence-electron chi connectivity index (χ2n) is 5.50. The molecule has 0 spiro atoms. The lowest BCUT2D eigenvalue weighted by Crippen LogP contribution is -2.33. The van der Waals surface area contributed by atoms with E-state index in [1.54, 1.807) is 0 Å². The van der Waals surface area contributed by atoms with Gasteiger partial charge in [0, 0.05) is 23.3 Å². The highest BCUT2D eigenvalue weighted by Crippen LogP contribution is 2.48. The highest BCUT2D eigenvalue weighted by Gasteiger charge is 2.40. The fourth-order valence-corrected chi connectivity index (χ4v) is 3.24. The molecule has 24 heavy (non-hydrogen) atoms. The topological polar surface area (TPSA) is 141 Å². The predicted octanol–water partition coefficient (Wildman–Crippen LogP) is 1.94. The van der Waals surface area contributed by atoms with Crippen LogP contribution in [0.4, 0.5) is 17.1 Å². The van der Waals surface area contributed by atoms with Crippen molar-refractivity contribution in [2.45, 2.75) is 17.4 Å². The Morgan fingerprint density at radius 2 is 1.67 bits per heavy atom. The Bertz CT molecular complexity index is 969. The van der Waals surface area contributed by atoms with Crippen molar-refractivity contribution < 1.29 is 28.2 Å². The summed E-state index contributed by atoms with van der Waals surface area (Å²) in [5.41, 5.74) is -1.90. The molecule has 126 valence electrons. The van der Waals surface area contributed by atoms with Crippen LogP contribution in [0, 0.1) is 10.1 Å². The number of hydrogen-bond acceptors (Lipinski definition) is 7. The molecule has 2 aromatic carbocycles. The Labute approximate surface area is 136 Å². The molecule has 3 N–H and O–H groups in total. The molecule has 1 aliphatic heterocycles. The SMILES string of the molecule is CC1(O)c2cc([N+](=O)[O-])ccc2N(O)c2ccc(S(=O)(=O)O)cc21. The molecule has 0 saturated heterocycles.